The van der Waals surface area contributed by atoms with Crippen LogP contribution in [-0.4, -0.2) is 37.1 Å². The monoisotopic (exact) mass is 620 g/mol. The maximum Gasteiger partial charge on any atom is 0.367 e. The van der Waals surface area contributed by atoms with Gasteiger partial charge in [0.05, 0.1) is 31.2 Å². The molecule has 0 saturated heterocycles. The third kappa shape index (κ3) is 23.6. The summed E-state index contributed by atoms with van der Waals surface area (Å²) in [5.41, 5.74) is 1.09. The zero-order valence-corrected chi connectivity index (χ0v) is 31.2. The average Bonchev–Trinajstić information content (AvgIpc) is 2.93. The van der Waals surface area contributed by atoms with Gasteiger partial charge >= 0.3 is 7.60 Å². The lowest BCUT2D eigenvalue weighted by molar-refractivity contribution is 0.200. The first-order valence-electron chi connectivity index (χ1n) is 18.4. The quantitative estimate of drug-likeness (QED) is 0.0555. The molecule has 0 aliphatic rings. The summed E-state index contributed by atoms with van der Waals surface area (Å²) in [5.74, 6) is 0.645. The fourth-order valence-corrected chi connectivity index (χ4v) is 14.0. The molecule has 0 N–H and O–H groups in total. The van der Waals surface area contributed by atoms with Crippen molar-refractivity contribution >= 4 is 14.9 Å². The molecule has 248 valence electrons. The van der Waals surface area contributed by atoms with Crippen molar-refractivity contribution in [1.29, 1.82) is 0 Å². The van der Waals surface area contributed by atoms with Gasteiger partial charge in [0.2, 0.25) is 0 Å². The van der Waals surface area contributed by atoms with Gasteiger partial charge in [-0.2, -0.15) is 0 Å². The summed E-state index contributed by atoms with van der Waals surface area (Å²) in [6, 6.07) is 0. The van der Waals surface area contributed by atoms with Crippen LogP contribution in [-0.2, 0) is 13.6 Å². The van der Waals surface area contributed by atoms with Gasteiger partial charge in [0.15, 0.2) is 5.90 Å². The second kappa shape index (κ2) is 28.1. The van der Waals surface area contributed by atoms with Crippen LogP contribution in [0, 0.1) is 0 Å². The van der Waals surface area contributed by atoms with Crippen molar-refractivity contribution in [2.75, 3.05) is 25.8 Å². The highest BCUT2D eigenvalue weighted by atomic mass is 31.2. The minimum absolute atomic E-state index is 0.543. The Morgan fingerprint density at radius 1 is 0.463 bits per heavy atom. The van der Waals surface area contributed by atoms with Crippen molar-refractivity contribution in [1.82, 2.24) is 0 Å². The van der Waals surface area contributed by atoms with Crippen LogP contribution in [0.2, 0.25) is 0 Å². The van der Waals surface area contributed by atoms with Crippen molar-refractivity contribution in [2.24, 2.45) is 0 Å². The Bertz CT molecular complexity index is 551. The van der Waals surface area contributed by atoms with Gasteiger partial charge in [-0.15, -0.1) is 0 Å². The highest BCUT2D eigenvalue weighted by molar-refractivity contribution is 7.85. The molecule has 0 rings (SSSR count). The Kier molecular flexibility index (Phi) is 28.5. The Morgan fingerprint density at radius 2 is 0.707 bits per heavy atom. The van der Waals surface area contributed by atoms with Crippen molar-refractivity contribution < 1.29 is 13.6 Å². The summed E-state index contributed by atoms with van der Waals surface area (Å²) in [5, 5.41) is 0. The van der Waals surface area contributed by atoms with Gasteiger partial charge in [0.1, 0.15) is 0 Å². The molecule has 0 aliphatic carbocycles. The fraction of sp³-hybridized carbons (Fsp3) is 1.00. The zero-order chi connectivity index (χ0) is 30.7. The summed E-state index contributed by atoms with van der Waals surface area (Å²) in [6.07, 6.45) is 31.8. The van der Waals surface area contributed by atoms with Crippen LogP contribution in [0.5, 0.6) is 0 Å². The number of rotatable bonds is 32. The van der Waals surface area contributed by atoms with Crippen molar-refractivity contribution in [2.45, 2.75) is 207 Å². The topological polar surface area (TPSA) is 35.5 Å². The fourth-order valence-electron chi connectivity index (χ4n) is 5.71. The first-order valence-corrected chi connectivity index (χ1v) is 22.7. The first kappa shape index (κ1) is 41.6. The molecule has 0 radical (unpaired) electrons. The standard InChI is InChI=1S/C36H77O3P2/c1-8-10-12-14-16-18-20-22-24-26-28-30-32-38-41(37,34-40(7,35(3)4)36(5)6)39-33-31-29-27-25-23-21-19-17-15-13-11-9-2/h35-36H,8-34H2,1-7H3/q+1. The number of hydrogen-bond donors (Lipinski definition) is 0. The number of hydrogen-bond acceptors (Lipinski definition) is 3. The molecule has 0 bridgehead atoms. The predicted octanol–water partition coefficient (Wildman–Crippen LogP) is 14.0. The summed E-state index contributed by atoms with van der Waals surface area (Å²) in [7, 11) is -4.48. The van der Waals surface area contributed by atoms with Crippen LogP contribution in [0.15, 0.2) is 0 Å². The Labute approximate surface area is 260 Å². The summed E-state index contributed by atoms with van der Waals surface area (Å²) < 4.78 is 26.4. The molecule has 0 fully saturated rings. The van der Waals surface area contributed by atoms with E-state index in [1.165, 1.54) is 141 Å². The molecule has 0 heterocycles. The maximum atomic E-state index is 14.0. The number of unbranched alkanes of at least 4 members (excludes halogenated alkanes) is 22. The molecular formula is C36H77O3P2+. The van der Waals surface area contributed by atoms with Gasteiger partial charge in [-0.05, 0) is 40.5 Å². The van der Waals surface area contributed by atoms with Gasteiger partial charge in [-0.1, -0.05) is 155 Å². The van der Waals surface area contributed by atoms with Crippen LogP contribution >= 0.6 is 14.9 Å². The van der Waals surface area contributed by atoms with Crippen molar-refractivity contribution in [3.63, 3.8) is 0 Å². The normalized spacial score (nSPS) is 12.7. The molecule has 0 amide bonds. The molecule has 0 saturated carbocycles. The molecule has 0 unspecified atom stereocenters. The van der Waals surface area contributed by atoms with Gasteiger partial charge in [-0.3, -0.25) is 4.57 Å². The molecule has 5 heteroatoms. The van der Waals surface area contributed by atoms with E-state index in [4.69, 9.17) is 9.05 Å². The van der Waals surface area contributed by atoms with Gasteiger partial charge in [-0.25, -0.2) is 0 Å². The lowest BCUT2D eigenvalue weighted by Crippen LogP contribution is -2.19. The highest BCUT2D eigenvalue weighted by Gasteiger charge is 2.47. The van der Waals surface area contributed by atoms with Crippen LogP contribution in [0.1, 0.15) is 196 Å². The third-order valence-corrected chi connectivity index (χ3v) is 19.1. The largest absolute Gasteiger partial charge is 0.367 e. The predicted molar refractivity (Wildman–Crippen MR) is 190 cm³/mol. The molecule has 0 aromatic heterocycles. The van der Waals surface area contributed by atoms with E-state index in [1.54, 1.807) is 0 Å². The van der Waals surface area contributed by atoms with Gasteiger partial charge in [0, 0.05) is 7.26 Å². The van der Waals surface area contributed by atoms with E-state index in [9.17, 15) is 4.57 Å². The maximum absolute atomic E-state index is 14.0. The Morgan fingerprint density at radius 3 is 0.951 bits per heavy atom. The molecule has 3 nitrogen and oxygen atoms in total. The van der Waals surface area contributed by atoms with E-state index in [1.807, 2.05) is 0 Å². The Hall–Kier alpha value is 0.580. The van der Waals surface area contributed by atoms with Crippen LogP contribution in [0.4, 0.5) is 0 Å². The first-order chi connectivity index (χ1) is 19.7. The van der Waals surface area contributed by atoms with Crippen molar-refractivity contribution in [3.8, 4) is 0 Å². The molecule has 0 aromatic carbocycles. The van der Waals surface area contributed by atoms with E-state index < -0.39 is 14.9 Å². The van der Waals surface area contributed by atoms with Gasteiger partial charge < -0.3 is 9.05 Å². The molecular weight excluding hydrogens is 542 g/mol. The van der Waals surface area contributed by atoms with E-state index in [0.29, 0.717) is 30.4 Å². The summed E-state index contributed by atoms with van der Waals surface area (Å²) >= 11 is 0. The lowest BCUT2D eigenvalue weighted by Gasteiger charge is -2.33. The molecule has 0 aromatic rings. The Balaban J connectivity index is 4.28. The van der Waals surface area contributed by atoms with Crippen molar-refractivity contribution in [3.05, 3.63) is 0 Å². The van der Waals surface area contributed by atoms with Crippen LogP contribution < -0.4 is 0 Å². The summed E-state index contributed by atoms with van der Waals surface area (Å²) in [6.45, 7) is 17.3. The van der Waals surface area contributed by atoms with Crippen LogP contribution in [0.25, 0.3) is 0 Å². The second-order valence-corrected chi connectivity index (χ2v) is 21.4. The molecule has 0 aliphatic heterocycles. The molecule has 0 spiro atoms. The summed E-state index contributed by atoms with van der Waals surface area (Å²) in [4.78, 5) is 0. The van der Waals surface area contributed by atoms with E-state index in [-0.39, 0.29) is 0 Å². The highest BCUT2D eigenvalue weighted by Crippen LogP contribution is 2.72. The van der Waals surface area contributed by atoms with E-state index in [0.717, 1.165) is 12.8 Å². The van der Waals surface area contributed by atoms with Gasteiger partial charge in [0.25, 0.3) is 0 Å². The SMILES string of the molecule is CCCCCCCCCCCCCCOP(=O)(C[P+](C)(C(C)C)C(C)C)OCCCCCCCCCCCCCC. The molecule has 41 heavy (non-hydrogen) atoms. The minimum atomic E-state index is -3.06. The van der Waals surface area contributed by atoms with E-state index in [2.05, 4.69) is 48.2 Å². The lowest BCUT2D eigenvalue weighted by atomic mass is 10.1. The molecule has 0 atom stereocenters. The minimum Gasteiger partial charge on any atom is -0.306 e. The second-order valence-electron chi connectivity index (χ2n) is 13.7. The third-order valence-electron chi connectivity index (χ3n) is 9.41. The zero-order valence-electron chi connectivity index (χ0n) is 29.4. The van der Waals surface area contributed by atoms with Crippen LogP contribution in [0.3, 0.4) is 0 Å². The smallest absolute Gasteiger partial charge is 0.306 e. The van der Waals surface area contributed by atoms with E-state index >= 15 is 0 Å². The average molecular weight is 620 g/mol.